The van der Waals surface area contributed by atoms with Crippen molar-refractivity contribution in [3.8, 4) is 0 Å². The number of likely N-dealkylation sites (tertiary alicyclic amines) is 1. The summed E-state index contributed by atoms with van der Waals surface area (Å²) in [5, 5.41) is 0. The van der Waals surface area contributed by atoms with Crippen LogP contribution in [-0.2, 0) is 16.1 Å². The maximum Gasteiger partial charge on any atom is 0.235 e. The third kappa shape index (κ3) is 1.91. The molecule has 2 heterocycles. The average molecular weight is 257 g/mol. The molecular weight excluding hydrogens is 242 g/mol. The van der Waals surface area contributed by atoms with Crippen molar-refractivity contribution in [2.75, 3.05) is 0 Å². The van der Waals surface area contributed by atoms with Crippen LogP contribution in [0.5, 0.6) is 0 Å². The third-order valence-electron chi connectivity index (χ3n) is 3.46. The number of para-hydroxylation sites is 2. The summed E-state index contributed by atoms with van der Waals surface area (Å²) in [5.74, 6) is 0.383. The minimum Gasteiger partial charge on any atom is -0.340 e. The quantitative estimate of drug-likeness (QED) is 0.835. The normalized spacial score (nSPS) is 18.5. The molecule has 3 rings (SSSR count). The van der Waals surface area contributed by atoms with Crippen molar-refractivity contribution in [2.45, 2.75) is 26.8 Å². The first-order valence-electron chi connectivity index (χ1n) is 6.26. The Morgan fingerprint density at radius 3 is 2.68 bits per heavy atom. The van der Waals surface area contributed by atoms with Crippen LogP contribution in [0.1, 0.15) is 26.1 Å². The van der Waals surface area contributed by atoms with Crippen LogP contribution in [0.15, 0.2) is 24.3 Å². The van der Waals surface area contributed by atoms with E-state index in [0.717, 1.165) is 11.0 Å². The van der Waals surface area contributed by atoms with Crippen molar-refractivity contribution in [3.05, 3.63) is 30.1 Å². The number of aromatic amines is 1. The Bertz CT molecular complexity index is 639. The highest BCUT2D eigenvalue weighted by molar-refractivity contribution is 6.05. The lowest BCUT2D eigenvalue weighted by Gasteiger charge is -2.16. The number of nitrogens with zero attached hydrogens (tertiary/aromatic N) is 2. The number of hydrogen-bond donors (Lipinski definition) is 1. The molecular formula is C14H15N3O2. The summed E-state index contributed by atoms with van der Waals surface area (Å²) in [6.07, 6.45) is 0.270. The van der Waals surface area contributed by atoms with Gasteiger partial charge in [0, 0.05) is 6.42 Å². The second-order valence-electron chi connectivity index (χ2n) is 5.55. The Labute approximate surface area is 110 Å². The number of carbonyl (C=O) groups is 2. The smallest absolute Gasteiger partial charge is 0.235 e. The molecule has 1 aromatic carbocycles. The van der Waals surface area contributed by atoms with Gasteiger partial charge < -0.3 is 4.98 Å². The minimum absolute atomic E-state index is 0.127. The van der Waals surface area contributed by atoms with E-state index in [9.17, 15) is 9.59 Å². The fourth-order valence-electron chi connectivity index (χ4n) is 2.42. The molecule has 2 amide bonds. The van der Waals surface area contributed by atoms with E-state index in [0.29, 0.717) is 5.82 Å². The monoisotopic (exact) mass is 257 g/mol. The molecule has 1 aliphatic rings. The Kier molecular flexibility index (Phi) is 2.45. The molecule has 1 N–H and O–H groups in total. The molecule has 0 aliphatic carbocycles. The van der Waals surface area contributed by atoms with Crippen LogP contribution >= 0.6 is 0 Å². The number of nitrogens with one attached hydrogen (secondary N) is 1. The Morgan fingerprint density at radius 2 is 2.05 bits per heavy atom. The molecule has 19 heavy (non-hydrogen) atoms. The molecule has 0 atom stereocenters. The zero-order chi connectivity index (χ0) is 13.6. The molecule has 5 nitrogen and oxygen atoms in total. The number of fused-ring (bicyclic) bond motifs is 1. The average Bonchev–Trinajstić information content (AvgIpc) is 2.83. The number of H-pyrrole nitrogens is 1. The number of hydrogen-bond acceptors (Lipinski definition) is 3. The Hall–Kier alpha value is -2.17. The zero-order valence-electron chi connectivity index (χ0n) is 10.9. The first kappa shape index (κ1) is 11.9. The lowest BCUT2D eigenvalue weighted by molar-refractivity contribution is -0.141. The molecule has 1 aliphatic heterocycles. The predicted molar refractivity (Wildman–Crippen MR) is 70.0 cm³/mol. The molecule has 0 unspecified atom stereocenters. The van der Waals surface area contributed by atoms with Gasteiger partial charge in [0.05, 0.1) is 23.0 Å². The third-order valence-corrected chi connectivity index (χ3v) is 3.46. The van der Waals surface area contributed by atoms with E-state index < -0.39 is 5.41 Å². The van der Waals surface area contributed by atoms with Crippen molar-refractivity contribution in [1.82, 2.24) is 14.9 Å². The molecule has 0 saturated carbocycles. The van der Waals surface area contributed by atoms with Gasteiger partial charge in [0.15, 0.2) is 0 Å². The van der Waals surface area contributed by atoms with E-state index in [-0.39, 0.29) is 24.8 Å². The molecule has 0 radical (unpaired) electrons. The Balaban J connectivity index is 1.89. The molecule has 0 spiro atoms. The van der Waals surface area contributed by atoms with Gasteiger partial charge in [-0.25, -0.2) is 4.98 Å². The van der Waals surface area contributed by atoms with Gasteiger partial charge in [-0.1, -0.05) is 26.0 Å². The van der Waals surface area contributed by atoms with E-state index in [1.54, 1.807) is 13.8 Å². The van der Waals surface area contributed by atoms with E-state index in [1.165, 1.54) is 4.90 Å². The summed E-state index contributed by atoms with van der Waals surface area (Å²) < 4.78 is 0. The lowest BCUT2D eigenvalue weighted by Crippen LogP contribution is -2.32. The molecule has 1 fully saturated rings. The number of imidazole rings is 1. The van der Waals surface area contributed by atoms with Crippen LogP contribution in [0.4, 0.5) is 0 Å². The van der Waals surface area contributed by atoms with Gasteiger partial charge in [-0.15, -0.1) is 0 Å². The summed E-state index contributed by atoms with van der Waals surface area (Å²) in [5.41, 5.74) is 1.16. The predicted octanol–water partition coefficient (Wildman–Crippen LogP) is 1.85. The number of aromatic nitrogens is 2. The second kappa shape index (κ2) is 3.91. The van der Waals surface area contributed by atoms with Crippen LogP contribution in [0.25, 0.3) is 11.0 Å². The van der Waals surface area contributed by atoms with Gasteiger partial charge in [-0.3, -0.25) is 14.5 Å². The van der Waals surface area contributed by atoms with Crippen LogP contribution in [0.2, 0.25) is 0 Å². The van der Waals surface area contributed by atoms with E-state index in [2.05, 4.69) is 9.97 Å². The van der Waals surface area contributed by atoms with Crippen LogP contribution in [-0.4, -0.2) is 26.7 Å². The number of carbonyl (C=O) groups excluding carboxylic acids is 2. The molecule has 2 aromatic rings. The number of benzene rings is 1. The topological polar surface area (TPSA) is 66.1 Å². The second-order valence-corrected chi connectivity index (χ2v) is 5.55. The maximum atomic E-state index is 12.1. The SMILES string of the molecule is CC1(C)CC(=O)N(Cc2nc3ccccc3[nH]2)C1=O. The fraction of sp³-hybridized carbons (Fsp3) is 0.357. The maximum absolute atomic E-state index is 12.1. The van der Waals surface area contributed by atoms with Crippen molar-refractivity contribution >= 4 is 22.8 Å². The minimum atomic E-state index is -0.594. The van der Waals surface area contributed by atoms with Gasteiger partial charge in [-0.05, 0) is 12.1 Å². The van der Waals surface area contributed by atoms with E-state index in [4.69, 9.17) is 0 Å². The molecule has 0 bridgehead atoms. The highest BCUT2D eigenvalue weighted by atomic mass is 16.2. The Morgan fingerprint density at radius 1 is 1.32 bits per heavy atom. The van der Waals surface area contributed by atoms with E-state index in [1.807, 2.05) is 24.3 Å². The van der Waals surface area contributed by atoms with Gasteiger partial charge in [0.1, 0.15) is 5.82 Å². The number of rotatable bonds is 2. The van der Waals surface area contributed by atoms with Gasteiger partial charge in [-0.2, -0.15) is 0 Å². The molecule has 1 aromatic heterocycles. The summed E-state index contributed by atoms with van der Waals surface area (Å²) in [7, 11) is 0. The van der Waals surface area contributed by atoms with Gasteiger partial charge >= 0.3 is 0 Å². The van der Waals surface area contributed by atoms with Crippen LogP contribution < -0.4 is 0 Å². The first-order chi connectivity index (χ1) is 8.97. The fourth-order valence-corrected chi connectivity index (χ4v) is 2.42. The standard InChI is InChI=1S/C14H15N3O2/c1-14(2)7-12(18)17(13(14)19)8-11-15-9-5-3-4-6-10(9)16-11/h3-6H,7-8H2,1-2H3,(H,15,16). The first-order valence-corrected chi connectivity index (χ1v) is 6.26. The summed E-state index contributed by atoms with van der Waals surface area (Å²) in [6, 6.07) is 7.64. The highest BCUT2D eigenvalue weighted by Crippen LogP contribution is 2.32. The van der Waals surface area contributed by atoms with Crippen molar-refractivity contribution in [2.24, 2.45) is 5.41 Å². The summed E-state index contributed by atoms with van der Waals surface area (Å²) in [4.78, 5) is 32.8. The van der Waals surface area contributed by atoms with Crippen LogP contribution in [0, 0.1) is 5.41 Å². The number of amides is 2. The largest absolute Gasteiger partial charge is 0.340 e. The highest BCUT2D eigenvalue weighted by Gasteiger charge is 2.44. The van der Waals surface area contributed by atoms with Crippen molar-refractivity contribution in [1.29, 1.82) is 0 Å². The molecule has 1 saturated heterocycles. The van der Waals surface area contributed by atoms with Crippen LogP contribution in [0.3, 0.4) is 0 Å². The zero-order valence-corrected chi connectivity index (χ0v) is 10.9. The van der Waals surface area contributed by atoms with Gasteiger partial charge in [0.2, 0.25) is 11.8 Å². The van der Waals surface area contributed by atoms with Gasteiger partial charge in [0.25, 0.3) is 0 Å². The molecule has 98 valence electrons. The van der Waals surface area contributed by atoms with Crippen molar-refractivity contribution < 1.29 is 9.59 Å². The van der Waals surface area contributed by atoms with Crippen molar-refractivity contribution in [3.63, 3.8) is 0 Å². The summed E-state index contributed by atoms with van der Waals surface area (Å²) in [6.45, 7) is 3.81. The number of imide groups is 1. The summed E-state index contributed by atoms with van der Waals surface area (Å²) >= 11 is 0. The molecule has 5 heteroatoms. The van der Waals surface area contributed by atoms with E-state index >= 15 is 0 Å². The lowest BCUT2D eigenvalue weighted by atomic mass is 9.92.